The molecule has 0 aliphatic carbocycles. The Balaban J connectivity index is 2.17. The van der Waals surface area contributed by atoms with Crippen molar-refractivity contribution in [2.75, 3.05) is 6.54 Å². The van der Waals surface area contributed by atoms with Crippen molar-refractivity contribution in [1.29, 1.82) is 0 Å². The number of aryl methyl sites for hydroxylation is 1. The largest absolute Gasteiger partial charge is 0.313 e. The maximum absolute atomic E-state index is 4.22. The van der Waals surface area contributed by atoms with Gasteiger partial charge in [0.25, 0.3) is 0 Å². The monoisotopic (exact) mass is 226 g/mol. The lowest BCUT2D eigenvalue weighted by molar-refractivity contribution is 0.727. The highest BCUT2D eigenvalue weighted by atomic mass is 14.8. The fraction of sp³-hybridized carbons (Fsp3) is 0.267. The van der Waals surface area contributed by atoms with Gasteiger partial charge in [-0.3, -0.25) is 4.98 Å². The number of hydrogen-bond donors (Lipinski definition) is 1. The zero-order valence-electron chi connectivity index (χ0n) is 10.4. The van der Waals surface area contributed by atoms with Gasteiger partial charge in [-0.1, -0.05) is 31.2 Å². The summed E-state index contributed by atoms with van der Waals surface area (Å²) in [6, 6.07) is 10.8. The Labute approximate surface area is 103 Å². The van der Waals surface area contributed by atoms with Gasteiger partial charge in [-0.25, -0.2) is 0 Å². The smallest absolute Gasteiger partial charge is 0.0346 e. The Kier molecular flexibility index (Phi) is 3.89. The van der Waals surface area contributed by atoms with Crippen LogP contribution in [0, 0.1) is 6.92 Å². The van der Waals surface area contributed by atoms with Gasteiger partial charge in [0.2, 0.25) is 0 Å². The number of nitrogens with zero attached hydrogens (tertiary/aromatic N) is 1. The van der Waals surface area contributed by atoms with E-state index in [0.29, 0.717) is 0 Å². The average molecular weight is 226 g/mol. The first kappa shape index (κ1) is 11.8. The highest BCUT2D eigenvalue weighted by Gasteiger charge is 1.98. The zero-order valence-corrected chi connectivity index (χ0v) is 10.4. The Morgan fingerprint density at radius 2 is 1.82 bits per heavy atom. The van der Waals surface area contributed by atoms with Gasteiger partial charge in [-0.15, -0.1) is 0 Å². The summed E-state index contributed by atoms with van der Waals surface area (Å²) in [6.45, 7) is 6.12. The normalized spacial score (nSPS) is 10.5. The fourth-order valence-electron chi connectivity index (χ4n) is 1.80. The number of benzene rings is 1. The predicted octanol–water partition coefficient (Wildman–Crippen LogP) is 3.17. The molecular weight excluding hydrogens is 208 g/mol. The van der Waals surface area contributed by atoms with E-state index in [4.69, 9.17) is 0 Å². The van der Waals surface area contributed by atoms with Crippen molar-refractivity contribution in [3.63, 3.8) is 0 Å². The average Bonchev–Trinajstić information content (AvgIpc) is 2.37. The van der Waals surface area contributed by atoms with Gasteiger partial charge in [0.1, 0.15) is 0 Å². The molecule has 0 saturated carbocycles. The lowest BCUT2D eigenvalue weighted by atomic mass is 10.0. The number of nitrogens with one attached hydrogen (secondary N) is 1. The molecule has 0 radical (unpaired) electrons. The molecular formula is C15H18N2. The summed E-state index contributed by atoms with van der Waals surface area (Å²) in [6.07, 6.45) is 3.79. The SMILES string of the molecule is CCNCc1ccc(-c2cncc(C)c2)cc1. The van der Waals surface area contributed by atoms with Crippen molar-refractivity contribution in [2.45, 2.75) is 20.4 Å². The third-order valence-electron chi connectivity index (χ3n) is 2.74. The quantitative estimate of drug-likeness (QED) is 0.866. The summed E-state index contributed by atoms with van der Waals surface area (Å²) in [7, 11) is 0. The molecule has 2 heteroatoms. The van der Waals surface area contributed by atoms with Gasteiger partial charge in [0.15, 0.2) is 0 Å². The van der Waals surface area contributed by atoms with Crippen LogP contribution in [0.1, 0.15) is 18.1 Å². The van der Waals surface area contributed by atoms with E-state index in [2.05, 4.69) is 54.5 Å². The fourth-order valence-corrected chi connectivity index (χ4v) is 1.80. The van der Waals surface area contributed by atoms with E-state index in [-0.39, 0.29) is 0 Å². The van der Waals surface area contributed by atoms with Gasteiger partial charge >= 0.3 is 0 Å². The van der Waals surface area contributed by atoms with E-state index in [1.165, 1.54) is 22.3 Å². The van der Waals surface area contributed by atoms with Crippen LogP contribution < -0.4 is 5.32 Å². The van der Waals surface area contributed by atoms with E-state index in [1.54, 1.807) is 0 Å². The lowest BCUT2D eigenvalue weighted by Gasteiger charge is -2.05. The minimum atomic E-state index is 0.933. The first-order valence-corrected chi connectivity index (χ1v) is 6.01. The van der Waals surface area contributed by atoms with E-state index in [1.807, 2.05) is 12.4 Å². The van der Waals surface area contributed by atoms with Gasteiger partial charge in [0, 0.05) is 24.5 Å². The number of hydrogen-bond acceptors (Lipinski definition) is 2. The highest BCUT2D eigenvalue weighted by Crippen LogP contribution is 2.19. The van der Waals surface area contributed by atoms with Crippen molar-refractivity contribution in [3.8, 4) is 11.1 Å². The zero-order chi connectivity index (χ0) is 12.1. The third kappa shape index (κ3) is 3.14. The van der Waals surface area contributed by atoms with Crippen LogP contribution in [-0.4, -0.2) is 11.5 Å². The molecule has 17 heavy (non-hydrogen) atoms. The third-order valence-corrected chi connectivity index (χ3v) is 2.74. The van der Waals surface area contributed by atoms with E-state index >= 15 is 0 Å². The van der Waals surface area contributed by atoms with Crippen LogP contribution in [0.4, 0.5) is 0 Å². The predicted molar refractivity (Wildman–Crippen MR) is 71.8 cm³/mol. The molecule has 1 aromatic heterocycles. The van der Waals surface area contributed by atoms with Crippen molar-refractivity contribution in [3.05, 3.63) is 53.9 Å². The highest BCUT2D eigenvalue weighted by molar-refractivity contribution is 5.63. The molecule has 0 atom stereocenters. The molecule has 0 fully saturated rings. The van der Waals surface area contributed by atoms with Crippen LogP contribution in [-0.2, 0) is 6.54 Å². The summed E-state index contributed by atoms with van der Waals surface area (Å²) >= 11 is 0. The lowest BCUT2D eigenvalue weighted by Crippen LogP contribution is -2.11. The summed E-state index contributed by atoms with van der Waals surface area (Å²) in [5.41, 5.74) is 4.91. The van der Waals surface area contributed by atoms with Crippen LogP contribution in [0.15, 0.2) is 42.7 Å². The summed E-state index contributed by atoms with van der Waals surface area (Å²) in [5, 5.41) is 3.32. The number of aromatic nitrogens is 1. The molecule has 1 aromatic carbocycles. The Morgan fingerprint density at radius 1 is 1.06 bits per heavy atom. The molecule has 0 unspecified atom stereocenters. The molecule has 0 saturated heterocycles. The molecule has 0 spiro atoms. The van der Waals surface area contributed by atoms with Gasteiger partial charge in [0.05, 0.1) is 0 Å². The van der Waals surface area contributed by atoms with Crippen LogP contribution in [0.25, 0.3) is 11.1 Å². The second kappa shape index (κ2) is 5.60. The van der Waals surface area contributed by atoms with E-state index in [0.717, 1.165) is 13.1 Å². The number of rotatable bonds is 4. The summed E-state index contributed by atoms with van der Waals surface area (Å²) in [5.74, 6) is 0. The molecule has 0 amide bonds. The second-order valence-corrected chi connectivity index (χ2v) is 4.23. The van der Waals surface area contributed by atoms with E-state index < -0.39 is 0 Å². The summed E-state index contributed by atoms with van der Waals surface area (Å²) in [4.78, 5) is 4.22. The molecule has 2 rings (SSSR count). The summed E-state index contributed by atoms with van der Waals surface area (Å²) < 4.78 is 0. The Bertz CT molecular complexity index is 475. The van der Waals surface area contributed by atoms with Crippen molar-refractivity contribution < 1.29 is 0 Å². The van der Waals surface area contributed by atoms with Crippen LogP contribution in [0.3, 0.4) is 0 Å². The van der Waals surface area contributed by atoms with E-state index in [9.17, 15) is 0 Å². The molecule has 1 heterocycles. The van der Waals surface area contributed by atoms with Crippen LogP contribution in [0.5, 0.6) is 0 Å². The Hall–Kier alpha value is -1.67. The topological polar surface area (TPSA) is 24.9 Å². The Morgan fingerprint density at radius 3 is 2.47 bits per heavy atom. The molecule has 0 aliphatic heterocycles. The van der Waals surface area contributed by atoms with Crippen molar-refractivity contribution in [2.24, 2.45) is 0 Å². The maximum atomic E-state index is 4.22. The first-order chi connectivity index (χ1) is 8.29. The number of pyridine rings is 1. The molecule has 2 aromatic rings. The minimum absolute atomic E-state index is 0.933. The van der Waals surface area contributed by atoms with Gasteiger partial charge in [-0.05, 0) is 36.2 Å². The second-order valence-electron chi connectivity index (χ2n) is 4.23. The molecule has 88 valence electrons. The van der Waals surface area contributed by atoms with Crippen LogP contribution >= 0.6 is 0 Å². The molecule has 0 aliphatic rings. The molecule has 0 bridgehead atoms. The molecule has 2 nitrogen and oxygen atoms in total. The standard InChI is InChI=1S/C15H18N2/c1-3-16-10-13-4-6-14(7-5-13)15-8-12(2)9-17-11-15/h4-9,11,16H,3,10H2,1-2H3. The van der Waals surface area contributed by atoms with Gasteiger partial charge in [-0.2, -0.15) is 0 Å². The first-order valence-electron chi connectivity index (χ1n) is 6.01. The minimum Gasteiger partial charge on any atom is -0.313 e. The maximum Gasteiger partial charge on any atom is 0.0346 e. The van der Waals surface area contributed by atoms with Gasteiger partial charge < -0.3 is 5.32 Å². The van der Waals surface area contributed by atoms with Crippen molar-refractivity contribution in [1.82, 2.24) is 10.3 Å². The van der Waals surface area contributed by atoms with Crippen molar-refractivity contribution >= 4 is 0 Å². The molecule has 1 N–H and O–H groups in total. The van der Waals surface area contributed by atoms with Crippen LogP contribution in [0.2, 0.25) is 0 Å².